The maximum atomic E-state index is 10.8. The molecule has 2 aromatic rings. The predicted octanol–water partition coefficient (Wildman–Crippen LogP) is 2.30. The van der Waals surface area contributed by atoms with Crippen LogP contribution in [0.25, 0.3) is 0 Å². The molecule has 0 spiro atoms. The van der Waals surface area contributed by atoms with Gasteiger partial charge in [0.15, 0.2) is 5.11 Å². The normalized spacial score (nSPS) is 10.4. The van der Waals surface area contributed by atoms with E-state index in [4.69, 9.17) is 21.7 Å². The number of aromatic carboxylic acids is 1. The van der Waals surface area contributed by atoms with Crippen molar-refractivity contribution in [3.8, 4) is 0 Å². The van der Waals surface area contributed by atoms with Crippen LogP contribution in [0.2, 0.25) is 0 Å². The first kappa shape index (κ1) is 13.8. The van der Waals surface area contributed by atoms with Gasteiger partial charge in [0.1, 0.15) is 5.76 Å². The summed E-state index contributed by atoms with van der Waals surface area (Å²) in [6, 6.07) is 9.80. The number of carbonyl (C=O) groups is 1. The molecule has 2 rings (SSSR count). The highest BCUT2D eigenvalue weighted by Crippen LogP contribution is 2.10. The van der Waals surface area contributed by atoms with Crippen molar-refractivity contribution in [2.75, 3.05) is 5.32 Å². The Hall–Kier alpha value is -2.67. The number of hydrogen-bond acceptors (Lipinski definition) is 4. The molecule has 7 heteroatoms. The second-order valence-electron chi connectivity index (χ2n) is 3.73. The lowest BCUT2D eigenvalue weighted by atomic mass is 10.2. The van der Waals surface area contributed by atoms with Crippen molar-refractivity contribution in [2.45, 2.75) is 0 Å². The highest BCUT2D eigenvalue weighted by atomic mass is 32.1. The molecule has 102 valence electrons. The molecule has 0 unspecified atom stereocenters. The van der Waals surface area contributed by atoms with E-state index >= 15 is 0 Å². The first-order chi connectivity index (χ1) is 9.65. The fourth-order valence-corrected chi connectivity index (χ4v) is 1.58. The van der Waals surface area contributed by atoms with E-state index in [1.807, 2.05) is 0 Å². The van der Waals surface area contributed by atoms with Crippen LogP contribution in [0.5, 0.6) is 0 Å². The van der Waals surface area contributed by atoms with Gasteiger partial charge in [-0.3, -0.25) is 5.43 Å². The summed E-state index contributed by atoms with van der Waals surface area (Å²) in [5.74, 6) is -0.406. The molecule has 0 saturated carbocycles. The number of hydrogen-bond donors (Lipinski definition) is 3. The molecular formula is C13H11N3O3S. The number of benzene rings is 1. The van der Waals surface area contributed by atoms with E-state index in [9.17, 15) is 4.79 Å². The summed E-state index contributed by atoms with van der Waals surface area (Å²) in [4.78, 5) is 10.8. The van der Waals surface area contributed by atoms with Gasteiger partial charge in [-0.2, -0.15) is 5.10 Å². The van der Waals surface area contributed by atoms with Crippen molar-refractivity contribution in [3.63, 3.8) is 0 Å². The fourth-order valence-electron chi connectivity index (χ4n) is 1.41. The molecule has 1 aromatic heterocycles. The molecule has 0 radical (unpaired) electrons. The second-order valence-corrected chi connectivity index (χ2v) is 4.13. The molecule has 0 atom stereocenters. The van der Waals surface area contributed by atoms with Crippen LogP contribution in [0.3, 0.4) is 0 Å². The number of nitrogens with zero attached hydrogens (tertiary/aromatic N) is 1. The summed E-state index contributed by atoms with van der Waals surface area (Å²) in [5.41, 5.74) is 3.34. The van der Waals surface area contributed by atoms with Crippen LogP contribution >= 0.6 is 12.2 Å². The Morgan fingerprint density at radius 2 is 2.20 bits per heavy atom. The van der Waals surface area contributed by atoms with Crippen molar-refractivity contribution in [2.24, 2.45) is 5.10 Å². The smallest absolute Gasteiger partial charge is 0.335 e. The van der Waals surface area contributed by atoms with Crippen molar-refractivity contribution in [1.29, 1.82) is 0 Å². The number of furan rings is 1. The first-order valence-corrected chi connectivity index (χ1v) is 6.03. The maximum Gasteiger partial charge on any atom is 0.335 e. The van der Waals surface area contributed by atoms with E-state index in [1.54, 1.807) is 24.3 Å². The third-order valence-electron chi connectivity index (χ3n) is 2.27. The van der Waals surface area contributed by atoms with E-state index in [0.717, 1.165) is 0 Å². The van der Waals surface area contributed by atoms with Crippen LogP contribution in [0, 0.1) is 0 Å². The number of carboxylic acids is 1. The quantitative estimate of drug-likeness (QED) is 0.455. The molecule has 0 aliphatic heterocycles. The van der Waals surface area contributed by atoms with Gasteiger partial charge in [-0.05, 0) is 42.5 Å². The molecule has 3 N–H and O–H groups in total. The predicted molar refractivity (Wildman–Crippen MR) is 79.1 cm³/mol. The van der Waals surface area contributed by atoms with Gasteiger partial charge in [0.25, 0.3) is 0 Å². The van der Waals surface area contributed by atoms with Crippen molar-refractivity contribution < 1.29 is 14.3 Å². The highest BCUT2D eigenvalue weighted by molar-refractivity contribution is 7.80. The van der Waals surface area contributed by atoms with Gasteiger partial charge < -0.3 is 14.8 Å². The summed E-state index contributed by atoms with van der Waals surface area (Å²) in [7, 11) is 0. The summed E-state index contributed by atoms with van der Waals surface area (Å²) < 4.78 is 5.06. The largest absolute Gasteiger partial charge is 0.478 e. The van der Waals surface area contributed by atoms with Crippen LogP contribution in [0.4, 0.5) is 5.69 Å². The first-order valence-electron chi connectivity index (χ1n) is 5.62. The zero-order valence-corrected chi connectivity index (χ0v) is 11.1. The summed E-state index contributed by atoms with van der Waals surface area (Å²) in [5, 5.41) is 15.8. The fraction of sp³-hybridized carbons (Fsp3) is 0. The van der Waals surface area contributed by atoms with Gasteiger partial charge in [0, 0.05) is 5.69 Å². The molecule has 20 heavy (non-hydrogen) atoms. The van der Waals surface area contributed by atoms with E-state index < -0.39 is 5.97 Å². The monoisotopic (exact) mass is 289 g/mol. The SMILES string of the molecule is O=C(O)c1cccc(NC(=S)N/N=C\c2ccco2)c1. The molecule has 0 saturated heterocycles. The number of carboxylic acid groups (broad SMARTS) is 1. The van der Waals surface area contributed by atoms with Crippen molar-refractivity contribution in [1.82, 2.24) is 5.43 Å². The highest BCUT2D eigenvalue weighted by Gasteiger charge is 2.03. The Morgan fingerprint density at radius 3 is 2.90 bits per heavy atom. The van der Waals surface area contributed by atoms with Gasteiger partial charge in [-0.1, -0.05) is 6.07 Å². The number of thiocarbonyl (C=S) groups is 1. The van der Waals surface area contributed by atoms with Crippen LogP contribution in [-0.4, -0.2) is 22.4 Å². The molecule has 0 aliphatic carbocycles. The summed E-state index contributed by atoms with van der Waals surface area (Å²) in [6.45, 7) is 0. The molecule has 6 nitrogen and oxygen atoms in total. The van der Waals surface area contributed by atoms with Crippen LogP contribution < -0.4 is 10.7 Å². The number of nitrogens with one attached hydrogen (secondary N) is 2. The molecule has 1 heterocycles. The van der Waals surface area contributed by atoms with E-state index in [2.05, 4.69) is 15.8 Å². The van der Waals surface area contributed by atoms with Gasteiger partial charge >= 0.3 is 5.97 Å². The third kappa shape index (κ3) is 3.92. The minimum atomic E-state index is -0.997. The minimum absolute atomic E-state index is 0.178. The zero-order valence-electron chi connectivity index (χ0n) is 10.2. The van der Waals surface area contributed by atoms with Crippen LogP contribution in [0.15, 0.2) is 52.2 Å². The van der Waals surface area contributed by atoms with E-state index in [0.29, 0.717) is 11.4 Å². The molecule has 0 amide bonds. The molecule has 0 bridgehead atoms. The lowest BCUT2D eigenvalue weighted by Crippen LogP contribution is -2.23. The number of anilines is 1. The Labute approximate surface area is 120 Å². The maximum absolute atomic E-state index is 10.8. The second kappa shape index (κ2) is 6.48. The zero-order chi connectivity index (χ0) is 14.4. The van der Waals surface area contributed by atoms with Gasteiger partial charge in [-0.25, -0.2) is 4.79 Å². The standard InChI is InChI=1S/C13H11N3O3S/c17-12(18)9-3-1-4-10(7-9)15-13(20)16-14-8-11-5-2-6-19-11/h1-8H,(H,17,18)(H2,15,16,20)/b14-8-. The molecular weight excluding hydrogens is 278 g/mol. The lowest BCUT2D eigenvalue weighted by Gasteiger charge is -2.07. The van der Waals surface area contributed by atoms with E-state index in [1.165, 1.54) is 24.6 Å². The number of rotatable bonds is 4. The van der Waals surface area contributed by atoms with Crippen LogP contribution in [-0.2, 0) is 0 Å². The molecule has 0 aliphatic rings. The minimum Gasteiger partial charge on any atom is -0.478 e. The Morgan fingerprint density at radius 1 is 1.35 bits per heavy atom. The number of hydrazone groups is 1. The Balaban J connectivity index is 1.91. The third-order valence-corrected chi connectivity index (χ3v) is 2.46. The Kier molecular flexibility index (Phi) is 4.46. The van der Waals surface area contributed by atoms with Crippen LogP contribution in [0.1, 0.15) is 16.1 Å². The average molecular weight is 289 g/mol. The van der Waals surface area contributed by atoms with Gasteiger partial charge in [0.2, 0.25) is 0 Å². The van der Waals surface area contributed by atoms with E-state index in [-0.39, 0.29) is 10.7 Å². The summed E-state index contributed by atoms with van der Waals surface area (Å²) >= 11 is 5.03. The molecule has 0 fully saturated rings. The van der Waals surface area contributed by atoms with Gasteiger partial charge in [-0.15, -0.1) is 0 Å². The van der Waals surface area contributed by atoms with Gasteiger partial charge in [0.05, 0.1) is 18.0 Å². The lowest BCUT2D eigenvalue weighted by molar-refractivity contribution is 0.0697. The summed E-state index contributed by atoms with van der Waals surface area (Å²) in [6.07, 6.45) is 3.01. The van der Waals surface area contributed by atoms with Crippen molar-refractivity contribution in [3.05, 3.63) is 54.0 Å². The average Bonchev–Trinajstić information content (AvgIpc) is 2.92. The van der Waals surface area contributed by atoms with Crippen molar-refractivity contribution >= 4 is 35.2 Å². The topological polar surface area (TPSA) is 86.9 Å². The Bertz CT molecular complexity index is 638. The molecule has 1 aromatic carbocycles.